The third-order valence-corrected chi connectivity index (χ3v) is 6.25. The van der Waals surface area contributed by atoms with Crippen molar-refractivity contribution in [2.75, 3.05) is 19.1 Å². The number of aromatic nitrogens is 3. The van der Waals surface area contributed by atoms with E-state index in [0.717, 1.165) is 28.5 Å². The van der Waals surface area contributed by atoms with Crippen LogP contribution in [0, 0.1) is 6.92 Å². The second-order valence-electron chi connectivity index (χ2n) is 7.08. The predicted molar refractivity (Wildman–Crippen MR) is 119 cm³/mol. The summed E-state index contributed by atoms with van der Waals surface area (Å²) in [5, 5.41) is 11.6. The Labute approximate surface area is 185 Å². The van der Waals surface area contributed by atoms with Gasteiger partial charge in [-0.25, -0.2) is 4.68 Å². The lowest BCUT2D eigenvalue weighted by Gasteiger charge is -2.32. The summed E-state index contributed by atoms with van der Waals surface area (Å²) in [6, 6.07) is 15.2. The minimum absolute atomic E-state index is 0.0703. The lowest BCUT2D eigenvalue weighted by molar-refractivity contribution is -0.121. The second kappa shape index (κ2) is 9.30. The molecule has 0 spiro atoms. The zero-order chi connectivity index (χ0) is 21.8. The zero-order valence-electron chi connectivity index (χ0n) is 17.7. The summed E-state index contributed by atoms with van der Waals surface area (Å²) in [5.41, 5.74) is 5.39. The van der Waals surface area contributed by atoms with Crippen LogP contribution in [0.2, 0.25) is 0 Å². The Hall–Kier alpha value is -3.20. The van der Waals surface area contributed by atoms with E-state index in [2.05, 4.69) is 20.9 Å². The molecule has 0 radical (unpaired) electrons. The molecule has 1 amide bonds. The first kappa shape index (κ1) is 21.0. The molecule has 0 saturated carbocycles. The predicted octanol–water partition coefficient (Wildman–Crippen LogP) is 3.07. The summed E-state index contributed by atoms with van der Waals surface area (Å²) in [7, 11) is 1.63. The van der Waals surface area contributed by atoms with Gasteiger partial charge in [-0.15, -0.1) is 10.2 Å². The Kier molecular flexibility index (Phi) is 6.31. The van der Waals surface area contributed by atoms with E-state index < -0.39 is 5.25 Å². The molecule has 0 unspecified atom stereocenters. The minimum atomic E-state index is -0.410. The highest BCUT2D eigenvalue weighted by Gasteiger charge is 2.37. The van der Waals surface area contributed by atoms with Crippen LogP contribution in [0.25, 0.3) is 0 Å². The van der Waals surface area contributed by atoms with Gasteiger partial charge in [-0.3, -0.25) is 4.79 Å². The normalized spacial score (nSPS) is 17.4. The molecule has 1 aliphatic heterocycles. The van der Waals surface area contributed by atoms with Crippen LogP contribution in [0.15, 0.2) is 53.7 Å². The maximum atomic E-state index is 13.2. The number of methoxy groups -OCH3 is 1. The van der Waals surface area contributed by atoms with E-state index >= 15 is 0 Å². The van der Waals surface area contributed by atoms with Crippen LogP contribution in [0.3, 0.4) is 0 Å². The molecule has 1 aromatic heterocycles. The van der Waals surface area contributed by atoms with Gasteiger partial charge in [0.25, 0.3) is 0 Å². The van der Waals surface area contributed by atoms with Gasteiger partial charge in [0.1, 0.15) is 22.6 Å². The Morgan fingerprint density at radius 1 is 1.13 bits per heavy atom. The number of hydrogen-bond acceptors (Lipinski definition) is 7. The van der Waals surface area contributed by atoms with Crippen molar-refractivity contribution in [3.05, 3.63) is 65.5 Å². The number of benzene rings is 2. The molecule has 2 N–H and O–H groups in total. The molecular formula is C22H25N5O3S. The minimum Gasteiger partial charge on any atom is -0.497 e. The van der Waals surface area contributed by atoms with E-state index in [1.54, 1.807) is 7.11 Å². The monoisotopic (exact) mass is 439 g/mol. The maximum Gasteiger partial charge on any atom is 0.236 e. The molecule has 0 saturated heterocycles. The molecule has 0 aliphatic carbocycles. The third-order valence-electron chi connectivity index (χ3n) is 5.03. The molecule has 1 aliphatic rings. The highest BCUT2D eigenvalue weighted by atomic mass is 32.2. The number of nitrogens with one attached hydrogen (secondary N) is 2. The molecule has 0 fully saturated rings. The molecule has 8 nitrogen and oxygen atoms in total. The first-order valence-electron chi connectivity index (χ1n) is 10.1. The van der Waals surface area contributed by atoms with Gasteiger partial charge < -0.3 is 20.2 Å². The fraction of sp³-hybridized carbons (Fsp3) is 0.318. The number of amides is 1. The molecule has 3 aromatic rings. The van der Waals surface area contributed by atoms with E-state index in [1.807, 2.05) is 67.1 Å². The Bertz CT molecular complexity index is 1040. The quantitative estimate of drug-likeness (QED) is 0.585. The lowest BCUT2D eigenvalue weighted by atomic mass is 10.0. The van der Waals surface area contributed by atoms with Crippen molar-refractivity contribution in [3.63, 3.8) is 0 Å². The van der Waals surface area contributed by atoms with Gasteiger partial charge in [-0.2, -0.15) is 0 Å². The number of thioether (sulfide) groups is 1. The van der Waals surface area contributed by atoms with Crippen molar-refractivity contribution < 1.29 is 14.3 Å². The molecule has 2 heterocycles. The molecule has 162 valence electrons. The van der Waals surface area contributed by atoms with E-state index in [0.29, 0.717) is 18.3 Å². The fourth-order valence-electron chi connectivity index (χ4n) is 3.38. The van der Waals surface area contributed by atoms with Gasteiger partial charge in [-0.1, -0.05) is 36.0 Å². The van der Waals surface area contributed by atoms with Gasteiger partial charge >= 0.3 is 0 Å². The number of carbonyl (C=O) groups excluding carboxylic acids is 1. The first-order valence-corrected chi connectivity index (χ1v) is 11.0. The third kappa shape index (κ3) is 4.61. The van der Waals surface area contributed by atoms with Gasteiger partial charge in [0, 0.05) is 6.54 Å². The summed E-state index contributed by atoms with van der Waals surface area (Å²) >= 11 is 1.41. The van der Waals surface area contributed by atoms with Crippen molar-refractivity contribution in [2.24, 2.45) is 0 Å². The molecule has 2 atom stereocenters. The van der Waals surface area contributed by atoms with Crippen molar-refractivity contribution >= 4 is 17.7 Å². The van der Waals surface area contributed by atoms with E-state index in [1.165, 1.54) is 11.8 Å². The number of carbonyl (C=O) groups is 1. The average Bonchev–Trinajstić information content (AvgIpc) is 3.17. The summed E-state index contributed by atoms with van der Waals surface area (Å²) in [4.78, 5) is 13.2. The summed E-state index contributed by atoms with van der Waals surface area (Å²) in [6.07, 6.45) is 0. The first-order chi connectivity index (χ1) is 15.1. The van der Waals surface area contributed by atoms with E-state index in [-0.39, 0.29) is 11.9 Å². The molecule has 9 heteroatoms. The Morgan fingerprint density at radius 2 is 1.84 bits per heavy atom. The topological polar surface area (TPSA) is 90.3 Å². The maximum absolute atomic E-state index is 13.2. The van der Waals surface area contributed by atoms with E-state index in [4.69, 9.17) is 9.47 Å². The SMILES string of the molecule is CCOc1ccc([C@@H]2Nn3c(C)nnc3S[C@@H]2C(=O)NCc2ccc(OC)cc2)cc1. The van der Waals surface area contributed by atoms with Crippen LogP contribution in [0.1, 0.15) is 29.9 Å². The van der Waals surface area contributed by atoms with Gasteiger partial charge in [0.2, 0.25) is 11.1 Å². The van der Waals surface area contributed by atoms with Crippen LogP contribution >= 0.6 is 11.8 Å². The average molecular weight is 440 g/mol. The number of nitrogens with zero attached hydrogens (tertiary/aromatic N) is 3. The molecule has 0 bridgehead atoms. The van der Waals surface area contributed by atoms with Crippen molar-refractivity contribution in [3.8, 4) is 11.5 Å². The highest BCUT2D eigenvalue weighted by molar-refractivity contribution is 8.00. The Morgan fingerprint density at radius 3 is 2.52 bits per heavy atom. The van der Waals surface area contributed by atoms with Crippen LogP contribution in [-0.4, -0.2) is 39.7 Å². The largest absolute Gasteiger partial charge is 0.497 e. The number of ether oxygens (including phenoxy) is 2. The van der Waals surface area contributed by atoms with Crippen LogP contribution in [0.4, 0.5) is 0 Å². The number of rotatable bonds is 7. The summed E-state index contributed by atoms with van der Waals surface area (Å²) in [6.45, 7) is 4.87. The number of aryl methyl sites for hydroxylation is 1. The summed E-state index contributed by atoms with van der Waals surface area (Å²) in [5.74, 6) is 2.26. The van der Waals surface area contributed by atoms with Crippen LogP contribution in [0.5, 0.6) is 11.5 Å². The smallest absolute Gasteiger partial charge is 0.236 e. The van der Waals surface area contributed by atoms with Gasteiger partial charge in [-0.05, 0) is 49.2 Å². The number of fused-ring (bicyclic) bond motifs is 1. The number of hydrogen-bond donors (Lipinski definition) is 2. The van der Waals surface area contributed by atoms with Crippen molar-refractivity contribution in [2.45, 2.75) is 36.8 Å². The van der Waals surface area contributed by atoms with Crippen LogP contribution in [-0.2, 0) is 11.3 Å². The van der Waals surface area contributed by atoms with E-state index in [9.17, 15) is 4.79 Å². The Balaban J connectivity index is 1.53. The highest BCUT2D eigenvalue weighted by Crippen LogP contribution is 2.37. The second-order valence-corrected chi connectivity index (χ2v) is 8.19. The fourth-order valence-corrected chi connectivity index (χ4v) is 4.53. The molecule has 2 aromatic carbocycles. The van der Waals surface area contributed by atoms with Crippen LogP contribution < -0.4 is 20.2 Å². The van der Waals surface area contributed by atoms with Crippen molar-refractivity contribution in [1.82, 2.24) is 20.2 Å². The van der Waals surface area contributed by atoms with Gasteiger partial charge in [0.15, 0.2) is 0 Å². The summed E-state index contributed by atoms with van der Waals surface area (Å²) < 4.78 is 12.6. The molecule has 4 rings (SSSR count). The molecule has 31 heavy (non-hydrogen) atoms. The molecular weight excluding hydrogens is 414 g/mol. The zero-order valence-corrected chi connectivity index (χ0v) is 18.5. The lowest BCUT2D eigenvalue weighted by Crippen LogP contribution is -2.44. The van der Waals surface area contributed by atoms with Gasteiger partial charge in [0.05, 0.1) is 19.8 Å². The standard InChI is InChI=1S/C22H25N5O3S/c1-4-30-18-11-7-16(8-12-18)19-20(31-22-25-24-14(2)27(22)26-19)21(28)23-13-15-5-9-17(29-3)10-6-15/h5-12,19-20,26H,4,13H2,1-3H3,(H,23,28)/t19-,20-/m0/s1. The van der Waals surface area contributed by atoms with Crippen molar-refractivity contribution in [1.29, 1.82) is 0 Å².